The second-order valence-electron chi connectivity index (χ2n) is 13.9. The van der Waals surface area contributed by atoms with Crippen LogP contribution in [0.15, 0.2) is 35.4 Å². The average molecular weight is 656 g/mol. The molecule has 1 aromatic carbocycles. The molecule has 3 aliphatic rings. The summed E-state index contributed by atoms with van der Waals surface area (Å²) in [7, 11) is -3.33. The van der Waals surface area contributed by atoms with Crippen molar-refractivity contribution in [3.63, 3.8) is 0 Å². The largest absolute Gasteiger partial charge is 0.444 e. The van der Waals surface area contributed by atoms with E-state index >= 15 is 0 Å². The third-order valence-corrected chi connectivity index (χ3v) is 10.2. The molecule has 3 N–H and O–H groups in total. The highest BCUT2D eigenvalue weighted by Crippen LogP contribution is 2.40. The van der Waals surface area contributed by atoms with Crippen molar-refractivity contribution in [2.45, 2.75) is 75.8 Å². The van der Waals surface area contributed by atoms with Crippen molar-refractivity contribution in [3.05, 3.63) is 47.4 Å². The van der Waals surface area contributed by atoms with Gasteiger partial charge in [-0.2, -0.15) is 0 Å². The lowest BCUT2D eigenvalue weighted by Gasteiger charge is -2.40. The lowest BCUT2D eigenvalue weighted by Crippen LogP contribution is -2.54. The Bertz CT molecular complexity index is 1570. The summed E-state index contributed by atoms with van der Waals surface area (Å²) < 4.78 is 29.2. The van der Waals surface area contributed by atoms with Gasteiger partial charge in [-0.05, 0) is 76.0 Å². The van der Waals surface area contributed by atoms with Crippen LogP contribution in [0.25, 0.3) is 0 Å². The zero-order chi connectivity index (χ0) is 33.3. The van der Waals surface area contributed by atoms with Crippen LogP contribution in [0.4, 0.5) is 15.4 Å². The second-order valence-corrected chi connectivity index (χ2v) is 15.9. The number of rotatable bonds is 6. The molecule has 0 aliphatic carbocycles. The Hall–Kier alpha value is -3.94. The Morgan fingerprint density at radius 1 is 1.04 bits per heavy atom. The Morgan fingerprint density at radius 3 is 2.30 bits per heavy atom. The van der Waals surface area contributed by atoms with Crippen LogP contribution in [-0.2, 0) is 21.0 Å². The van der Waals surface area contributed by atoms with E-state index in [0.29, 0.717) is 44.2 Å². The van der Waals surface area contributed by atoms with Crippen LogP contribution < -0.4 is 16.0 Å². The maximum Gasteiger partial charge on any atom is 0.410 e. The van der Waals surface area contributed by atoms with E-state index in [9.17, 15) is 22.8 Å². The molecule has 4 amide bonds. The number of piperidine rings is 2. The number of primary amides is 1. The molecule has 0 saturated carbocycles. The van der Waals surface area contributed by atoms with E-state index in [1.807, 2.05) is 25.7 Å². The first-order valence-corrected chi connectivity index (χ1v) is 17.7. The molecule has 1 aromatic heterocycles. The molecule has 5 rings (SSSR count). The van der Waals surface area contributed by atoms with Crippen molar-refractivity contribution in [3.8, 4) is 0 Å². The molecule has 0 radical (unpaired) electrons. The summed E-state index contributed by atoms with van der Waals surface area (Å²) >= 11 is 0. The van der Waals surface area contributed by atoms with Gasteiger partial charge in [0.1, 0.15) is 17.1 Å². The minimum Gasteiger partial charge on any atom is -0.444 e. The monoisotopic (exact) mass is 655 g/mol. The van der Waals surface area contributed by atoms with Crippen LogP contribution in [0.3, 0.4) is 0 Å². The Labute approximate surface area is 270 Å². The quantitative estimate of drug-likeness (QED) is 0.475. The van der Waals surface area contributed by atoms with Gasteiger partial charge in [-0.15, -0.1) is 0 Å². The summed E-state index contributed by atoms with van der Waals surface area (Å²) in [6.45, 7) is 9.50. The minimum atomic E-state index is -3.33. The number of nitrogens with zero attached hydrogens (tertiary/aromatic N) is 5. The first-order chi connectivity index (χ1) is 21.6. The molecule has 250 valence electrons. The van der Waals surface area contributed by atoms with Gasteiger partial charge in [0.2, 0.25) is 0 Å². The number of ether oxygens (including phenoxy) is 1. The number of anilines is 1. The number of urea groups is 1. The molecule has 4 heterocycles. The minimum absolute atomic E-state index is 0.0263. The van der Waals surface area contributed by atoms with E-state index in [1.54, 1.807) is 17.0 Å². The third kappa shape index (κ3) is 8.06. The van der Waals surface area contributed by atoms with Crippen molar-refractivity contribution in [1.82, 2.24) is 25.1 Å². The maximum atomic E-state index is 13.3. The van der Waals surface area contributed by atoms with Crippen molar-refractivity contribution < 1.29 is 27.5 Å². The number of aromatic nitrogens is 2. The second kappa shape index (κ2) is 13.0. The predicted molar refractivity (Wildman–Crippen MR) is 172 cm³/mol. The molecule has 2 aromatic rings. The number of nitrogens with one attached hydrogen (secondary N) is 1. The van der Waals surface area contributed by atoms with Gasteiger partial charge in [0, 0.05) is 58.0 Å². The number of carbonyl (C=O) groups is 3. The number of hydrogen-bond donors (Lipinski definition) is 2. The Balaban J connectivity index is 1.17. The lowest BCUT2D eigenvalue weighted by molar-refractivity contribution is 0.0252. The normalized spacial score (nSPS) is 20.1. The molecular weight excluding hydrogens is 610 g/mol. The molecule has 3 aliphatic heterocycles. The molecule has 1 spiro atoms. The summed E-state index contributed by atoms with van der Waals surface area (Å²) in [5.41, 5.74) is 6.33. The first-order valence-electron chi connectivity index (χ1n) is 15.8. The molecular formula is C32H45N7O6S. The summed E-state index contributed by atoms with van der Waals surface area (Å²) in [5, 5.41) is 3.21. The Morgan fingerprint density at radius 2 is 1.70 bits per heavy atom. The van der Waals surface area contributed by atoms with E-state index in [-0.39, 0.29) is 40.6 Å². The molecule has 46 heavy (non-hydrogen) atoms. The number of carbonyl (C=O) groups excluding carboxylic acids is 3. The predicted octanol–water partition coefficient (Wildman–Crippen LogP) is 2.97. The highest BCUT2D eigenvalue weighted by Gasteiger charge is 2.44. The third-order valence-electron chi connectivity index (χ3n) is 9.06. The smallest absolute Gasteiger partial charge is 0.410 e. The number of nitrogens with two attached hydrogens (primary N) is 1. The number of benzene rings is 1. The SMILES string of the molecule is CC(C)(C)OC(=O)N1CCC2(CCN(C(=O)NC3CCCN(c4cnc(C(N)=O)c(Cc5ccc(S(C)(=O)=O)cc5)n4)C3)CC2)C1. The number of amides is 4. The van der Waals surface area contributed by atoms with Crippen LogP contribution in [0, 0.1) is 5.41 Å². The standard InChI is InChI=1S/C32H45N7O6S/c1-31(2,3)45-30(42)39-17-13-32(21-39)11-15-37(16-12-32)29(41)35-23-6-5-14-38(20-23)26-19-34-27(28(33)40)25(36-26)18-22-7-9-24(10-8-22)46(4,43)44/h7-10,19,23H,5-6,11-18,20-21H2,1-4H3,(H2,33,40)(H,35,41). The molecule has 1 unspecified atom stereocenters. The zero-order valence-corrected chi connectivity index (χ0v) is 27.9. The van der Waals surface area contributed by atoms with Gasteiger partial charge in [-0.1, -0.05) is 12.1 Å². The van der Waals surface area contributed by atoms with Gasteiger partial charge >= 0.3 is 12.1 Å². The van der Waals surface area contributed by atoms with Gasteiger partial charge in [0.25, 0.3) is 5.91 Å². The summed E-state index contributed by atoms with van der Waals surface area (Å²) in [6.07, 6.45) is 6.95. The van der Waals surface area contributed by atoms with E-state index in [0.717, 1.165) is 50.5 Å². The van der Waals surface area contributed by atoms with Crippen molar-refractivity contribution in [2.24, 2.45) is 11.1 Å². The van der Waals surface area contributed by atoms with Crippen LogP contribution in [0.1, 0.15) is 74.6 Å². The molecule has 13 nitrogen and oxygen atoms in total. The summed E-state index contributed by atoms with van der Waals surface area (Å²) in [5.74, 6) is -0.105. The lowest BCUT2D eigenvalue weighted by atomic mass is 9.78. The molecule has 3 fully saturated rings. The fourth-order valence-corrected chi connectivity index (χ4v) is 7.16. The molecule has 3 saturated heterocycles. The van der Waals surface area contributed by atoms with Gasteiger partial charge in [0.15, 0.2) is 9.84 Å². The molecule has 1 atom stereocenters. The van der Waals surface area contributed by atoms with E-state index < -0.39 is 21.3 Å². The van der Waals surface area contributed by atoms with Crippen LogP contribution >= 0.6 is 0 Å². The van der Waals surface area contributed by atoms with Crippen molar-refractivity contribution in [2.75, 3.05) is 50.4 Å². The first kappa shape index (κ1) is 33.4. The van der Waals surface area contributed by atoms with Gasteiger partial charge in [0.05, 0.1) is 16.8 Å². The van der Waals surface area contributed by atoms with E-state index in [4.69, 9.17) is 15.5 Å². The van der Waals surface area contributed by atoms with Crippen LogP contribution in [0.5, 0.6) is 0 Å². The van der Waals surface area contributed by atoms with Crippen molar-refractivity contribution in [1.29, 1.82) is 0 Å². The summed E-state index contributed by atoms with van der Waals surface area (Å²) in [4.78, 5) is 53.0. The number of sulfone groups is 1. The van der Waals surface area contributed by atoms with Crippen molar-refractivity contribution >= 4 is 33.7 Å². The van der Waals surface area contributed by atoms with E-state index in [1.165, 1.54) is 18.3 Å². The fourth-order valence-electron chi connectivity index (χ4n) is 6.52. The highest BCUT2D eigenvalue weighted by molar-refractivity contribution is 7.90. The average Bonchev–Trinajstić information content (AvgIpc) is 3.40. The fraction of sp³-hybridized carbons (Fsp3) is 0.594. The van der Waals surface area contributed by atoms with Gasteiger partial charge < -0.3 is 30.5 Å². The zero-order valence-electron chi connectivity index (χ0n) is 27.1. The van der Waals surface area contributed by atoms with Crippen LogP contribution in [-0.4, -0.2) is 103 Å². The Kier molecular flexibility index (Phi) is 9.48. The molecule has 14 heteroatoms. The maximum absolute atomic E-state index is 13.3. The van der Waals surface area contributed by atoms with Gasteiger partial charge in [-0.3, -0.25) is 4.79 Å². The summed E-state index contributed by atoms with van der Waals surface area (Å²) in [6, 6.07) is 6.26. The topological polar surface area (TPSA) is 168 Å². The molecule has 0 bridgehead atoms. The highest BCUT2D eigenvalue weighted by atomic mass is 32.2. The van der Waals surface area contributed by atoms with E-state index in [2.05, 4.69) is 15.2 Å². The number of likely N-dealkylation sites (tertiary alicyclic amines) is 2. The number of hydrogen-bond acceptors (Lipinski definition) is 9. The van der Waals surface area contributed by atoms with Crippen LogP contribution in [0.2, 0.25) is 0 Å². The van der Waals surface area contributed by atoms with Gasteiger partial charge in [-0.25, -0.2) is 28.0 Å².